The summed E-state index contributed by atoms with van der Waals surface area (Å²) in [6.45, 7) is 9.46. The van der Waals surface area contributed by atoms with Gasteiger partial charge in [-0.3, -0.25) is 0 Å². The fourth-order valence-corrected chi connectivity index (χ4v) is 3.30. The van der Waals surface area contributed by atoms with Crippen LogP contribution >= 0.6 is 0 Å². The maximum absolute atomic E-state index is 5.39. The molecule has 0 unspecified atom stereocenters. The Bertz CT molecular complexity index is 781. The topological polar surface area (TPSA) is 65.7 Å². The number of aryl methyl sites for hydroxylation is 1. The molecule has 2 N–H and O–H groups in total. The van der Waals surface area contributed by atoms with Crippen LogP contribution in [-0.4, -0.2) is 31.3 Å². The lowest BCUT2D eigenvalue weighted by Gasteiger charge is -2.27. The zero-order valence-electron chi connectivity index (χ0n) is 16.9. The Kier molecular flexibility index (Phi) is 6.37. The molecular weight excluding hydrogens is 338 g/mol. The first-order chi connectivity index (χ1) is 13.1. The van der Waals surface area contributed by atoms with Gasteiger partial charge in [-0.2, -0.15) is 0 Å². The Morgan fingerprint density at radius 1 is 1.30 bits per heavy atom. The molecule has 0 amide bonds. The van der Waals surface area contributed by atoms with Crippen molar-refractivity contribution in [3.05, 3.63) is 46.8 Å². The molecular formula is C21H31N5O. The van der Waals surface area contributed by atoms with Crippen LogP contribution in [0.25, 0.3) is 0 Å². The Hall–Kier alpha value is -2.50. The van der Waals surface area contributed by atoms with Crippen LogP contribution in [0.15, 0.2) is 33.8 Å². The van der Waals surface area contributed by atoms with Crippen LogP contribution in [0.3, 0.4) is 0 Å². The highest BCUT2D eigenvalue weighted by molar-refractivity contribution is 5.79. The number of nitrogens with one attached hydrogen (secondary N) is 2. The van der Waals surface area contributed by atoms with Crippen LogP contribution in [0.5, 0.6) is 0 Å². The van der Waals surface area contributed by atoms with Gasteiger partial charge in [0.25, 0.3) is 0 Å². The Morgan fingerprint density at radius 2 is 2.15 bits per heavy atom. The minimum Gasteiger partial charge on any atom is -0.374 e. The number of aliphatic imine (C=N–C) groups is 1. The molecule has 0 spiro atoms. The van der Waals surface area contributed by atoms with Gasteiger partial charge in [-0.1, -0.05) is 31.1 Å². The van der Waals surface area contributed by atoms with Crippen molar-refractivity contribution in [3.8, 4) is 0 Å². The molecule has 1 aromatic heterocycles. The predicted octanol–water partition coefficient (Wildman–Crippen LogP) is 3.44. The SMILES string of the molecule is CCNC(=NCc1ccc2c(c1)CCCN2C)NCc1cc(C(C)C)no1. The van der Waals surface area contributed by atoms with E-state index < -0.39 is 0 Å². The molecule has 146 valence electrons. The quantitative estimate of drug-likeness (QED) is 0.603. The first-order valence-electron chi connectivity index (χ1n) is 9.87. The van der Waals surface area contributed by atoms with Crippen molar-refractivity contribution in [1.82, 2.24) is 15.8 Å². The van der Waals surface area contributed by atoms with E-state index in [9.17, 15) is 0 Å². The van der Waals surface area contributed by atoms with E-state index in [1.54, 1.807) is 0 Å². The fourth-order valence-electron chi connectivity index (χ4n) is 3.30. The van der Waals surface area contributed by atoms with Crippen LogP contribution in [-0.2, 0) is 19.5 Å². The highest BCUT2D eigenvalue weighted by Gasteiger charge is 2.13. The first kappa shape index (κ1) is 19.3. The van der Waals surface area contributed by atoms with Crippen molar-refractivity contribution in [3.63, 3.8) is 0 Å². The molecule has 0 radical (unpaired) electrons. The van der Waals surface area contributed by atoms with Crippen molar-refractivity contribution >= 4 is 11.6 Å². The summed E-state index contributed by atoms with van der Waals surface area (Å²) in [5, 5.41) is 10.7. The summed E-state index contributed by atoms with van der Waals surface area (Å²) in [7, 11) is 2.16. The second kappa shape index (κ2) is 8.93. The molecule has 0 saturated carbocycles. The number of hydrogen-bond acceptors (Lipinski definition) is 4. The van der Waals surface area contributed by atoms with Gasteiger partial charge in [0.1, 0.15) is 0 Å². The van der Waals surface area contributed by atoms with Gasteiger partial charge in [0.05, 0.1) is 18.8 Å². The highest BCUT2D eigenvalue weighted by atomic mass is 16.5. The minimum atomic E-state index is 0.368. The molecule has 3 rings (SSSR count). The van der Waals surface area contributed by atoms with Crippen molar-refractivity contribution in [2.45, 2.75) is 52.6 Å². The van der Waals surface area contributed by atoms with Crippen molar-refractivity contribution in [2.75, 3.05) is 25.0 Å². The van der Waals surface area contributed by atoms with E-state index in [1.807, 2.05) is 6.07 Å². The van der Waals surface area contributed by atoms with Gasteiger partial charge < -0.3 is 20.1 Å². The number of anilines is 1. The molecule has 6 heteroatoms. The third-order valence-corrected chi connectivity index (χ3v) is 4.86. The zero-order chi connectivity index (χ0) is 19.2. The lowest BCUT2D eigenvalue weighted by molar-refractivity contribution is 0.372. The van der Waals surface area contributed by atoms with Gasteiger partial charge in [-0.15, -0.1) is 0 Å². The second-order valence-corrected chi connectivity index (χ2v) is 7.41. The van der Waals surface area contributed by atoms with Gasteiger partial charge in [0.15, 0.2) is 11.7 Å². The Morgan fingerprint density at radius 3 is 2.89 bits per heavy atom. The number of hydrogen-bond donors (Lipinski definition) is 2. The van der Waals surface area contributed by atoms with Gasteiger partial charge in [0, 0.05) is 31.9 Å². The molecule has 0 fully saturated rings. The van der Waals surface area contributed by atoms with Gasteiger partial charge >= 0.3 is 0 Å². The number of nitrogens with zero attached hydrogens (tertiary/aromatic N) is 3. The maximum atomic E-state index is 5.39. The summed E-state index contributed by atoms with van der Waals surface area (Å²) in [5.41, 5.74) is 5.00. The summed E-state index contributed by atoms with van der Waals surface area (Å²) in [6.07, 6.45) is 2.37. The summed E-state index contributed by atoms with van der Waals surface area (Å²) < 4.78 is 5.39. The third-order valence-electron chi connectivity index (χ3n) is 4.86. The molecule has 6 nitrogen and oxygen atoms in total. The van der Waals surface area contributed by atoms with Crippen LogP contribution < -0.4 is 15.5 Å². The zero-order valence-corrected chi connectivity index (χ0v) is 16.9. The van der Waals surface area contributed by atoms with Gasteiger partial charge in [0.2, 0.25) is 0 Å². The largest absolute Gasteiger partial charge is 0.374 e. The summed E-state index contributed by atoms with van der Waals surface area (Å²) >= 11 is 0. The number of fused-ring (bicyclic) bond motifs is 1. The van der Waals surface area contributed by atoms with E-state index >= 15 is 0 Å². The molecule has 0 atom stereocenters. The summed E-state index contributed by atoms with van der Waals surface area (Å²) in [4.78, 5) is 7.06. The van der Waals surface area contributed by atoms with Gasteiger partial charge in [-0.05, 0) is 42.9 Å². The molecule has 27 heavy (non-hydrogen) atoms. The Labute approximate surface area is 162 Å². The molecule has 1 aliphatic rings. The molecule has 2 heterocycles. The van der Waals surface area contributed by atoms with Crippen molar-refractivity contribution in [1.29, 1.82) is 0 Å². The molecule has 0 bridgehead atoms. The lowest BCUT2D eigenvalue weighted by Crippen LogP contribution is -2.36. The smallest absolute Gasteiger partial charge is 0.191 e. The van der Waals surface area contributed by atoms with Crippen LogP contribution in [0.1, 0.15) is 55.7 Å². The van der Waals surface area contributed by atoms with E-state index in [0.29, 0.717) is 19.0 Å². The van der Waals surface area contributed by atoms with Crippen molar-refractivity contribution in [2.24, 2.45) is 4.99 Å². The van der Waals surface area contributed by atoms with E-state index in [-0.39, 0.29) is 0 Å². The van der Waals surface area contributed by atoms with Crippen LogP contribution in [0.2, 0.25) is 0 Å². The number of benzene rings is 1. The fraction of sp³-hybridized carbons (Fsp3) is 0.524. The third kappa shape index (κ3) is 5.02. The maximum Gasteiger partial charge on any atom is 0.191 e. The summed E-state index contributed by atoms with van der Waals surface area (Å²) in [5.74, 6) is 1.98. The monoisotopic (exact) mass is 369 g/mol. The molecule has 0 aliphatic carbocycles. The normalized spacial score (nSPS) is 14.4. The van der Waals surface area contributed by atoms with Crippen molar-refractivity contribution < 1.29 is 4.52 Å². The lowest BCUT2D eigenvalue weighted by atomic mass is 10.00. The van der Waals surface area contributed by atoms with E-state index in [0.717, 1.165) is 36.9 Å². The summed E-state index contributed by atoms with van der Waals surface area (Å²) in [6, 6.07) is 8.70. The predicted molar refractivity (Wildman–Crippen MR) is 110 cm³/mol. The number of aromatic nitrogens is 1. The highest BCUT2D eigenvalue weighted by Crippen LogP contribution is 2.27. The minimum absolute atomic E-state index is 0.368. The average molecular weight is 370 g/mol. The number of rotatable bonds is 6. The standard InChI is InChI=1S/C21H31N5O/c1-5-22-21(24-14-18-12-19(15(2)3)25-27-18)23-13-16-8-9-20-17(11-16)7-6-10-26(20)4/h8-9,11-12,15H,5-7,10,13-14H2,1-4H3,(H2,22,23,24). The molecule has 1 aliphatic heterocycles. The Balaban J connectivity index is 1.63. The molecule has 0 saturated heterocycles. The average Bonchev–Trinajstić information content (AvgIpc) is 3.13. The first-order valence-corrected chi connectivity index (χ1v) is 9.87. The number of guanidine groups is 1. The molecule has 2 aromatic rings. The second-order valence-electron chi connectivity index (χ2n) is 7.41. The van der Waals surface area contributed by atoms with E-state index in [4.69, 9.17) is 9.52 Å². The van der Waals surface area contributed by atoms with E-state index in [1.165, 1.54) is 23.2 Å². The van der Waals surface area contributed by atoms with Crippen LogP contribution in [0, 0.1) is 0 Å². The van der Waals surface area contributed by atoms with E-state index in [2.05, 4.69) is 66.7 Å². The van der Waals surface area contributed by atoms with Crippen LogP contribution in [0.4, 0.5) is 5.69 Å². The molecule has 1 aromatic carbocycles. The van der Waals surface area contributed by atoms with Gasteiger partial charge in [-0.25, -0.2) is 4.99 Å².